The molecule has 0 spiro atoms. The van der Waals surface area contributed by atoms with E-state index in [0.29, 0.717) is 12.0 Å². The van der Waals surface area contributed by atoms with E-state index in [-0.39, 0.29) is 5.91 Å². The average Bonchev–Trinajstić information content (AvgIpc) is 2.90. The first-order chi connectivity index (χ1) is 8.66. The van der Waals surface area contributed by atoms with Crippen LogP contribution in [0.4, 0.5) is 0 Å². The van der Waals surface area contributed by atoms with E-state index in [1.54, 1.807) is 11.3 Å². The number of carbonyl (C=O) groups is 1. The maximum atomic E-state index is 11.8. The minimum absolute atomic E-state index is 0.0718. The molecule has 1 aromatic heterocycles. The molecular weight excluding hydrogens is 244 g/mol. The van der Waals surface area contributed by atoms with Gasteiger partial charge in [-0.2, -0.15) is 11.3 Å². The topological polar surface area (TPSA) is 32.3 Å². The Balaban J connectivity index is 1.71. The number of hydrogen-bond donors (Lipinski definition) is 1. The van der Waals surface area contributed by atoms with E-state index in [2.05, 4.69) is 24.1 Å². The van der Waals surface area contributed by atoms with Gasteiger partial charge in [0, 0.05) is 23.5 Å². The van der Waals surface area contributed by atoms with E-state index >= 15 is 0 Å². The van der Waals surface area contributed by atoms with Crippen molar-refractivity contribution in [1.29, 1.82) is 0 Å². The molecule has 0 saturated carbocycles. The van der Waals surface area contributed by atoms with Crippen molar-refractivity contribution in [1.82, 2.24) is 10.2 Å². The van der Waals surface area contributed by atoms with Gasteiger partial charge in [-0.1, -0.05) is 0 Å². The van der Waals surface area contributed by atoms with E-state index in [1.165, 1.54) is 12.8 Å². The number of thiophene rings is 1. The van der Waals surface area contributed by atoms with Gasteiger partial charge in [0.25, 0.3) is 5.91 Å². The third-order valence-corrected chi connectivity index (χ3v) is 4.40. The molecule has 0 bridgehead atoms. The Bertz CT molecular complexity index is 367. The van der Waals surface area contributed by atoms with E-state index in [9.17, 15) is 4.79 Å². The first-order valence-corrected chi connectivity index (χ1v) is 7.65. The molecular formula is C14H22N2OS. The molecule has 0 aliphatic carbocycles. The van der Waals surface area contributed by atoms with Gasteiger partial charge in [-0.05, 0) is 57.1 Å². The highest BCUT2D eigenvalue weighted by Crippen LogP contribution is 2.18. The number of nitrogens with zero attached hydrogens (tertiary/aromatic N) is 1. The van der Waals surface area contributed by atoms with Gasteiger partial charge in [0.2, 0.25) is 0 Å². The van der Waals surface area contributed by atoms with Crippen LogP contribution in [0.5, 0.6) is 0 Å². The van der Waals surface area contributed by atoms with Crippen LogP contribution < -0.4 is 5.32 Å². The maximum absolute atomic E-state index is 11.8. The summed E-state index contributed by atoms with van der Waals surface area (Å²) in [4.78, 5) is 14.3. The lowest BCUT2D eigenvalue weighted by Gasteiger charge is -2.34. The second-order valence-electron chi connectivity index (χ2n) is 5.30. The lowest BCUT2D eigenvalue weighted by atomic mass is 9.96. The van der Waals surface area contributed by atoms with E-state index < -0.39 is 0 Å². The molecule has 2 rings (SSSR count). The molecule has 1 aromatic rings. The predicted octanol–water partition coefficient (Wildman–Crippen LogP) is 2.60. The van der Waals surface area contributed by atoms with Crippen LogP contribution in [0.25, 0.3) is 0 Å². The molecule has 1 aliphatic heterocycles. The van der Waals surface area contributed by atoms with Crippen molar-refractivity contribution in [2.24, 2.45) is 5.92 Å². The van der Waals surface area contributed by atoms with Gasteiger partial charge < -0.3 is 10.2 Å². The number of hydrogen-bond acceptors (Lipinski definition) is 3. The zero-order valence-electron chi connectivity index (χ0n) is 11.2. The summed E-state index contributed by atoms with van der Waals surface area (Å²) in [6.45, 7) is 7.64. The summed E-state index contributed by atoms with van der Waals surface area (Å²) in [5, 5.41) is 6.89. The van der Waals surface area contributed by atoms with Crippen LogP contribution in [-0.4, -0.2) is 36.5 Å². The third-order valence-electron chi connectivity index (χ3n) is 3.71. The monoisotopic (exact) mass is 266 g/mol. The summed E-state index contributed by atoms with van der Waals surface area (Å²) in [6, 6.07) is 2.52. The van der Waals surface area contributed by atoms with Crippen molar-refractivity contribution >= 4 is 17.2 Å². The summed E-state index contributed by atoms with van der Waals surface area (Å²) in [6.07, 6.45) is 2.39. The fourth-order valence-electron chi connectivity index (χ4n) is 2.41. The SMILES string of the molecule is CC(C)N1CCC(CNC(=O)c2ccsc2)CC1. The minimum atomic E-state index is 0.0718. The Morgan fingerprint density at radius 1 is 1.50 bits per heavy atom. The summed E-state index contributed by atoms with van der Waals surface area (Å²) in [5.41, 5.74) is 0.791. The quantitative estimate of drug-likeness (QED) is 0.908. The molecule has 1 saturated heterocycles. The first kappa shape index (κ1) is 13.6. The average molecular weight is 266 g/mol. The highest BCUT2D eigenvalue weighted by molar-refractivity contribution is 7.08. The molecule has 1 amide bonds. The highest BCUT2D eigenvalue weighted by Gasteiger charge is 2.21. The summed E-state index contributed by atoms with van der Waals surface area (Å²) < 4.78 is 0. The van der Waals surface area contributed by atoms with Gasteiger partial charge in [0.1, 0.15) is 0 Å². The van der Waals surface area contributed by atoms with Gasteiger partial charge in [0.05, 0.1) is 0 Å². The van der Waals surface area contributed by atoms with Crippen LogP contribution >= 0.6 is 11.3 Å². The van der Waals surface area contributed by atoms with Crippen molar-refractivity contribution in [3.63, 3.8) is 0 Å². The largest absolute Gasteiger partial charge is 0.352 e. The molecule has 0 atom stereocenters. The fourth-order valence-corrected chi connectivity index (χ4v) is 3.04. The van der Waals surface area contributed by atoms with Crippen molar-refractivity contribution in [3.8, 4) is 0 Å². The maximum Gasteiger partial charge on any atom is 0.252 e. The van der Waals surface area contributed by atoms with Crippen LogP contribution in [0.15, 0.2) is 16.8 Å². The van der Waals surface area contributed by atoms with Crippen LogP contribution in [-0.2, 0) is 0 Å². The zero-order chi connectivity index (χ0) is 13.0. The normalized spacial score (nSPS) is 18.2. The Morgan fingerprint density at radius 2 is 2.22 bits per heavy atom. The molecule has 1 N–H and O–H groups in total. The van der Waals surface area contributed by atoms with Crippen LogP contribution in [0.3, 0.4) is 0 Å². The molecule has 2 heterocycles. The van der Waals surface area contributed by atoms with Gasteiger partial charge in [-0.15, -0.1) is 0 Å². The van der Waals surface area contributed by atoms with Crippen molar-refractivity contribution in [2.45, 2.75) is 32.7 Å². The number of piperidine rings is 1. The van der Waals surface area contributed by atoms with Crippen molar-refractivity contribution in [2.75, 3.05) is 19.6 Å². The molecule has 0 radical (unpaired) electrons. The van der Waals surface area contributed by atoms with Gasteiger partial charge in [0.15, 0.2) is 0 Å². The first-order valence-electron chi connectivity index (χ1n) is 6.71. The molecule has 0 unspecified atom stereocenters. The minimum Gasteiger partial charge on any atom is -0.352 e. The molecule has 1 fully saturated rings. The third kappa shape index (κ3) is 3.56. The van der Waals surface area contributed by atoms with Crippen molar-refractivity contribution < 1.29 is 4.79 Å². The van der Waals surface area contributed by atoms with E-state index in [4.69, 9.17) is 0 Å². The number of likely N-dealkylation sites (tertiary alicyclic amines) is 1. The Morgan fingerprint density at radius 3 is 2.78 bits per heavy atom. The number of amides is 1. The fraction of sp³-hybridized carbons (Fsp3) is 0.643. The summed E-state index contributed by atoms with van der Waals surface area (Å²) in [7, 11) is 0. The highest BCUT2D eigenvalue weighted by atomic mass is 32.1. The van der Waals surface area contributed by atoms with E-state index in [1.807, 2.05) is 16.8 Å². The van der Waals surface area contributed by atoms with Crippen LogP contribution in [0.2, 0.25) is 0 Å². The van der Waals surface area contributed by atoms with Gasteiger partial charge in [-0.25, -0.2) is 0 Å². The molecule has 100 valence electrons. The van der Waals surface area contributed by atoms with Crippen LogP contribution in [0, 0.1) is 5.92 Å². The Labute approximate surface area is 113 Å². The predicted molar refractivity (Wildman–Crippen MR) is 76.1 cm³/mol. The lowest BCUT2D eigenvalue weighted by Crippen LogP contribution is -2.41. The lowest BCUT2D eigenvalue weighted by molar-refractivity contribution is 0.0930. The molecule has 0 aromatic carbocycles. The summed E-state index contributed by atoms with van der Waals surface area (Å²) in [5.74, 6) is 0.713. The number of rotatable bonds is 4. The molecule has 4 heteroatoms. The second kappa shape index (κ2) is 6.34. The molecule has 18 heavy (non-hydrogen) atoms. The zero-order valence-corrected chi connectivity index (χ0v) is 12.0. The summed E-state index contributed by atoms with van der Waals surface area (Å²) >= 11 is 1.57. The smallest absolute Gasteiger partial charge is 0.252 e. The van der Waals surface area contributed by atoms with Gasteiger partial charge in [-0.3, -0.25) is 4.79 Å². The van der Waals surface area contributed by atoms with Crippen LogP contribution in [0.1, 0.15) is 37.0 Å². The standard InChI is InChI=1S/C14H22N2OS/c1-11(2)16-6-3-12(4-7-16)9-15-14(17)13-5-8-18-10-13/h5,8,10-12H,3-4,6-7,9H2,1-2H3,(H,15,17). The molecule has 1 aliphatic rings. The van der Waals surface area contributed by atoms with E-state index in [0.717, 1.165) is 25.2 Å². The molecule has 3 nitrogen and oxygen atoms in total. The number of nitrogens with one attached hydrogen (secondary N) is 1. The second-order valence-corrected chi connectivity index (χ2v) is 6.08. The van der Waals surface area contributed by atoms with Gasteiger partial charge >= 0.3 is 0 Å². The number of carbonyl (C=O) groups excluding carboxylic acids is 1. The Kier molecular flexibility index (Phi) is 4.78. The van der Waals surface area contributed by atoms with Crippen molar-refractivity contribution in [3.05, 3.63) is 22.4 Å². The Hall–Kier alpha value is -0.870.